The van der Waals surface area contributed by atoms with Gasteiger partial charge in [-0.05, 0) is 49.7 Å². The molecule has 0 unspecified atom stereocenters. The van der Waals surface area contributed by atoms with Gasteiger partial charge in [-0.25, -0.2) is 0 Å². The monoisotopic (exact) mass is 278 g/mol. The molecule has 1 heterocycles. The topological polar surface area (TPSA) is 48.1 Å². The Morgan fingerprint density at radius 2 is 1.86 bits per heavy atom. The highest BCUT2D eigenvalue weighted by Crippen LogP contribution is 2.22. The highest BCUT2D eigenvalue weighted by Gasteiger charge is 2.05. The second-order valence-electron chi connectivity index (χ2n) is 5.25. The maximum atomic E-state index is 5.91. The SMILES string of the molecule is Cc1cc(COc2ccc(N)c(C)c2)c2ccccc2n1. The van der Waals surface area contributed by atoms with Crippen molar-refractivity contribution >= 4 is 16.6 Å². The summed E-state index contributed by atoms with van der Waals surface area (Å²) in [6.07, 6.45) is 0. The van der Waals surface area contributed by atoms with E-state index >= 15 is 0 Å². The third-order valence-electron chi connectivity index (χ3n) is 3.57. The van der Waals surface area contributed by atoms with Crippen molar-refractivity contribution in [3.8, 4) is 5.75 Å². The number of benzene rings is 2. The Balaban J connectivity index is 1.89. The third kappa shape index (κ3) is 2.82. The van der Waals surface area contributed by atoms with E-state index in [1.54, 1.807) is 0 Å². The van der Waals surface area contributed by atoms with Crippen molar-refractivity contribution in [1.82, 2.24) is 4.98 Å². The second-order valence-corrected chi connectivity index (χ2v) is 5.25. The molecule has 3 rings (SSSR count). The Morgan fingerprint density at radius 1 is 1.05 bits per heavy atom. The summed E-state index contributed by atoms with van der Waals surface area (Å²) in [6, 6.07) is 15.9. The molecule has 0 aliphatic carbocycles. The molecule has 2 aromatic carbocycles. The first-order valence-electron chi connectivity index (χ1n) is 6.97. The van der Waals surface area contributed by atoms with Gasteiger partial charge in [-0.15, -0.1) is 0 Å². The number of nitrogens with zero attached hydrogens (tertiary/aromatic N) is 1. The van der Waals surface area contributed by atoms with Crippen LogP contribution >= 0.6 is 0 Å². The molecule has 3 nitrogen and oxygen atoms in total. The van der Waals surface area contributed by atoms with Crippen molar-refractivity contribution in [3.63, 3.8) is 0 Å². The van der Waals surface area contributed by atoms with Crippen LogP contribution in [0.15, 0.2) is 48.5 Å². The Labute approximate surface area is 124 Å². The van der Waals surface area contributed by atoms with Crippen LogP contribution in [-0.2, 0) is 6.61 Å². The zero-order valence-electron chi connectivity index (χ0n) is 12.3. The standard InChI is InChI=1S/C18H18N2O/c1-12-9-15(7-8-17(12)19)21-11-14-10-13(2)20-18-6-4-3-5-16(14)18/h3-10H,11,19H2,1-2H3. The van der Waals surface area contributed by atoms with Crippen molar-refractivity contribution < 1.29 is 4.74 Å². The van der Waals surface area contributed by atoms with Crippen molar-refractivity contribution in [2.45, 2.75) is 20.5 Å². The summed E-state index contributed by atoms with van der Waals surface area (Å²) < 4.78 is 5.91. The van der Waals surface area contributed by atoms with Crippen LogP contribution < -0.4 is 10.5 Å². The van der Waals surface area contributed by atoms with Gasteiger partial charge in [0.15, 0.2) is 0 Å². The van der Waals surface area contributed by atoms with E-state index in [0.29, 0.717) is 6.61 Å². The minimum atomic E-state index is 0.521. The summed E-state index contributed by atoms with van der Waals surface area (Å²) in [6.45, 7) is 4.50. The van der Waals surface area contributed by atoms with Gasteiger partial charge in [0.1, 0.15) is 12.4 Å². The number of pyridine rings is 1. The van der Waals surface area contributed by atoms with Gasteiger partial charge in [0.2, 0.25) is 0 Å². The number of aromatic nitrogens is 1. The van der Waals surface area contributed by atoms with Gasteiger partial charge in [-0.3, -0.25) is 4.98 Å². The van der Waals surface area contributed by atoms with Crippen molar-refractivity contribution in [2.75, 3.05) is 5.73 Å². The molecule has 0 amide bonds. The lowest BCUT2D eigenvalue weighted by Crippen LogP contribution is -1.99. The molecule has 1 aromatic heterocycles. The molecule has 3 aromatic rings. The lowest BCUT2D eigenvalue weighted by molar-refractivity contribution is 0.307. The van der Waals surface area contributed by atoms with Crippen LogP contribution in [0.1, 0.15) is 16.8 Å². The molecule has 0 radical (unpaired) electrons. The number of hydrogen-bond acceptors (Lipinski definition) is 3. The molecule has 0 spiro atoms. The molecule has 106 valence electrons. The van der Waals surface area contributed by atoms with Crippen molar-refractivity contribution in [1.29, 1.82) is 0 Å². The van der Waals surface area contributed by atoms with E-state index in [-0.39, 0.29) is 0 Å². The smallest absolute Gasteiger partial charge is 0.120 e. The Morgan fingerprint density at radius 3 is 2.67 bits per heavy atom. The molecule has 0 bridgehead atoms. The molecule has 21 heavy (non-hydrogen) atoms. The van der Waals surface area contributed by atoms with Gasteiger partial charge >= 0.3 is 0 Å². The summed E-state index contributed by atoms with van der Waals surface area (Å²) in [5.41, 5.74) is 10.8. The number of para-hydroxylation sites is 1. The largest absolute Gasteiger partial charge is 0.489 e. The number of fused-ring (bicyclic) bond motifs is 1. The van der Waals surface area contributed by atoms with Crippen LogP contribution in [0.25, 0.3) is 10.9 Å². The van der Waals surface area contributed by atoms with Gasteiger partial charge in [0.25, 0.3) is 0 Å². The Kier molecular flexibility index (Phi) is 3.48. The van der Waals surface area contributed by atoms with E-state index in [1.165, 1.54) is 0 Å². The number of hydrogen-bond donors (Lipinski definition) is 1. The fourth-order valence-corrected chi connectivity index (χ4v) is 2.41. The van der Waals surface area contributed by atoms with E-state index in [0.717, 1.165) is 39.2 Å². The molecule has 0 saturated heterocycles. The molecule has 0 saturated carbocycles. The molecule has 2 N–H and O–H groups in total. The van der Waals surface area contributed by atoms with Gasteiger partial charge in [-0.2, -0.15) is 0 Å². The number of anilines is 1. The van der Waals surface area contributed by atoms with Crippen LogP contribution in [0.5, 0.6) is 5.75 Å². The summed E-state index contributed by atoms with van der Waals surface area (Å²) in [4.78, 5) is 4.54. The van der Waals surface area contributed by atoms with E-state index in [1.807, 2.05) is 50.2 Å². The quantitative estimate of drug-likeness (QED) is 0.736. The minimum Gasteiger partial charge on any atom is -0.489 e. The summed E-state index contributed by atoms with van der Waals surface area (Å²) >= 11 is 0. The Bertz CT molecular complexity index is 796. The third-order valence-corrected chi connectivity index (χ3v) is 3.57. The lowest BCUT2D eigenvalue weighted by Gasteiger charge is -2.11. The number of ether oxygens (including phenoxy) is 1. The van der Waals surface area contributed by atoms with E-state index in [4.69, 9.17) is 10.5 Å². The van der Waals surface area contributed by atoms with Crippen molar-refractivity contribution in [2.24, 2.45) is 0 Å². The molecule has 0 fully saturated rings. The average molecular weight is 278 g/mol. The molecule has 0 aliphatic rings. The number of nitrogens with two attached hydrogens (primary N) is 1. The first-order valence-corrected chi connectivity index (χ1v) is 6.97. The molecule has 0 atom stereocenters. The fraction of sp³-hybridized carbons (Fsp3) is 0.167. The summed E-state index contributed by atoms with van der Waals surface area (Å²) in [7, 11) is 0. The Hall–Kier alpha value is -2.55. The zero-order chi connectivity index (χ0) is 14.8. The van der Waals surface area contributed by atoms with Crippen LogP contribution in [0.4, 0.5) is 5.69 Å². The summed E-state index contributed by atoms with van der Waals surface area (Å²) in [5.74, 6) is 0.834. The van der Waals surface area contributed by atoms with E-state index in [2.05, 4.69) is 17.1 Å². The number of aryl methyl sites for hydroxylation is 2. The van der Waals surface area contributed by atoms with E-state index < -0.39 is 0 Å². The first kappa shape index (κ1) is 13.4. The zero-order valence-corrected chi connectivity index (χ0v) is 12.3. The van der Waals surface area contributed by atoms with Crippen molar-refractivity contribution in [3.05, 3.63) is 65.4 Å². The van der Waals surface area contributed by atoms with Gasteiger partial charge in [-0.1, -0.05) is 18.2 Å². The molecule has 3 heteroatoms. The maximum Gasteiger partial charge on any atom is 0.120 e. The number of rotatable bonds is 3. The molecule has 0 aliphatic heterocycles. The lowest BCUT2D eigenvalue weighted by atomic mass is 10.1. The fourth-order valence-electron chi connectivity index (χ4n) is 2.41. The van der Waals surface area contributed by atoms with E-state index in [9.17, 15) is 0 Å². The summed E-state index contributed by atoms with van der Waals surface area (Å²) in [5, 5.41) is 1.13. The van der Waals surface area contributed by atoms with Gasteiger partial charge < -0.3 is 10.5 Å². The van der Waals surface area contributed by atoms with Crippen LogP contribution in [0.3, 0.4) is 0 Å². The van der Waals surface area contributed by atoms with Crippen LogP contribution in [0.2, 0.25) is 0 Å². The first-order chi connectivity index (χ1) is 10.1. The van der Waals surface area contributed by atoms with Crippen LogP contribution in [0, 0.1) is 13.8 Å². The predicted octanol–water partition coefficient (Wildman–Crippen LogP) is 4.01. The highest BCUT2D eigenvalue weighted by atomic mass is 16.5. The molecular formula is C18H18N2O. The minimum absolute atomic E-state index is 0.521. The maximum absolute atomic E-state index is 5.91. The molecular weight excluding hydrogens is 260 g/mol. The van der Waals surface area contributed by atoms with Crippen LogP contribution in [-0.4, -0.2) is 4.98 Å². The highest BCUT2D eigenvalue weighted by molar-refractivity contribution is 5.82. The van der Waals surface area contributed by atoms with Gasteiger partial charge in [0, 0.05) is 22.3 Å². The van der Waals surface area contributed by atoms with Gasteiger partial charge in [0.05, 0.1) is 5.52 Å². The number of nitrogen functional groups attached to an aromatic ring is 1. The second kappa shape index (κ2) is 5.44. The normalized spacial score (nSPS) is 10.8. The average Bonchev–Trinajstić information content (AvgIpc) is 2.48. The predicted molar refractivity (Wildman–Crippen MR) is 86.4 cm³/mol.